The van der Waals surface area contributed by atoms with Crippen LogP contribution < -0.4 is 5.32 Å². The Bertz CT molecular complexity index is 291. The maximum absolute atomic E-state index is 4.23. The van der Waals surface area contributed by atoms with Crippen LogP contribution in [0.25, 0.3) is 0 Å². The molecule has 82 valence electrons. The molecule has 1 N–H and O–H groups in total. The van der Waals surface area contributed by atoms with Gasteiger partial charge in [-0.25, -0.2) is 4.98 Å². The fourth-order valence-electron chi connectivity index (χ4n) is 2.45. The summed E-state index contributed by atoms with van der Waals surface area (Å²) in [6.45, 7) is 3.34. The summed E-state index contributed by atoms with van der Waals surface area (Å²) in [5, 5.41) is 3.40. The molecule has 0 saturated heterocycles. The summed E-state index contributed by atoms with van der Waals surface area (Å²) in [6, 6.07) is 0. The first kappa shape index (κ1) is 10.4. The molecular formula is C12H19N3. The molecule has 1 fully saturated rings. The van der Waals surface area contributed by atoms with Crippen molar-refractivity contribution >= 4 is 5.82 Å². The highest BCUT2D eigenvalue weighted by Gasteiger charge is 2.31. The SMILES string of the molecule is CCC1(CNc2cnccn2)CCCC1. The highest BCUT2D eigenvalue weighted by molar-refractivity contribution is 5.30. The molecule has 15 heavy (non-hydrogen) atoms. The van der Waals surface area contributed by atoms with Crippen molar-refractivity contribution in [3.05, 3.63) is 18.6 Å². The number of anilines is 1. The molecule has 1 aromatic rings. The number of aromatic nitrogens is 2. The van der Waals surface area contributed by atoms with Crippen LogP contribution in [0.3, 0.4) is 0 Å². The summed E-state index contributed by atoms with van der Waals surface area (Å²) < 4.78 is 0. The molecular weight excluding hydrogens is 186 g/mol. The Morgan fingerprint density at radius 1 is 1.33 bits per heavy atom. The zero-order chi connectivity index (χ0) is 10.6. The second-order valence-electron chi connectivity index (χ2n) is 4.50. The molecule has 3 nitrogen and oxygen atoms in total. The van der Waals surface area contributed by atoms with Crippen molar-refractivity contribution in [3.8, 4) is 0 Å². The lowest BCUT2D eigenvalue weighted by Crippen LogP contribution is -2.26. The Labute approximate surface area is 91.3 Å². The Morgan fingerprint density at radius 3 is 2.73 bits per heavy atom. The van der Waals surface area contributed by atoms with E-state index in [-0.39, 0.29) is 0 Å². The van der Waals surface area contributed by atoms with E-state index in [1.807, 2.05) is 0 Å². The van der Waals surface area contributed by atoms with Crippen molar-refractivity contribution < 1.29 is 0 Å². The van der Waals surface area contributed by atoms with E-state index in [4.69, 9.17) is 0 Å². The average Bonchev–Trinajstić information content (AvgIpc) is 2.77. The van der Waals surface area contributed by atoms with Crippen LogP contribution in [-0.4, -0.2) is 16.5 Å². The molecule has 0 bridgehead atoms. The number of hydrogen-bond acceptors (Lipinski definition) is 3. The van der Waals surface area contributed by atoms with Gasteiger partial charge in [0.25, 0.3) is 0 Å². The zero-order valence-electron chi connectivity index (χ0n) is 9.37. The van der Waals surface area contributed by atoms with E-state index >= 15 is 0 Å². The Kier molecular flexibility index (Phi) is 3.19. The first-order valence-electron chi connectivity index (χ1n) is 5.85. The van der Waals surface area contributed by atoms with Crippen LogP contribution in [-0.2, 0) is 0 Å². The van der Waals surface area contributed by atoms with Crippen molar-refractivity contribution in [3.63, 3.8) is 0 Å². The van der Waals surface area contributed by atoms with Crippen LogP contribution in [0.5, 0.6) is 0 Å². The minimum Gasteiger partial charge on any atom is -0.368 e. The predicted octanol–water partition coefficient (Wildman–Crippen LogP) is 2.86. The third-order valence-electron chi connectivity index (χ3n) is 3.62. The minimum absolute atomic E-state index is 0.511. The van der Waals surface area contributed by atoms with Gasteiger partial charge in [0.15, 0.2) is 0 Å². The number of rotatable bonds is 4. The largest absolute Gasteiger partial charge is 0.368 e. The molecule has 0 aromatic carbocycles. The molecule has 0 radical (unpaired) electrons. The van der Waals surface area contributed by atoms with Gasteiger partial charge in [0.2, 0.25) is 0 Å². The molecule has 3 heteroatoms. The van der Waals surface area contributed by atoms with Crippen LogP contribution in [0.4, 0.5) is 5.82 Å². The first-order chi connectivity index (χ1) is 7.35. The summed E-state index contributed by atoms with van der Waals surface area (Å²) in [6.07, 6.45) is 12.0. The van der Waals surface area contributed by atoms with Crippen molar-refractivity contribution in [2.24, 2.45) is 5.41 Å². The highest BCUT2D eigenvalue weighted by atomic mass is 15.0. The van der Waals surface area contributed by atoms with Gasteiger partial charge < -0.3 is 5.32 Å². The van der Waals surface area contributed by atoms with E-state index in [0.29, 0.717) is 5.41 Å². The Hall–Kier alpha value is -1.12. The molecule has 2 rings (SSSR count). The smallest absolute Gasteiger partial charge is 0.144 e. The van der Waals surface area contributed by atoms with Crippen molar-refractivity contribution in [2.45, 2.75) is 39.0 Å². The normalized spacial score (nSPS) is 19.0. The van der Waals surface area contributed by atoms with Gasteiger partial charge in [-0.05, 0) is 24.7 Å². The fraction of sp³-hybridized carbons (Fsp3) is 0.667. The molecule has 0 aliphatic heterocycles. The third kappa shape index (κ3) is 2.46. The van der Waals surface area contributed by atoms with Gasteiger partial charge in [0, 0.05) is 18.9 Å². The average molecular weight is 205 g/mol. The van der Waals surface area contributed by atoms with Crippen LogP contribution in [0.15, 0.2) is 18.6 Å². The summed E-state index contributed by atoms with van der Waals surface area (Å²) in [5.74, 6) is 0.900. The van der Waals surface area contributed by atoms with E-state index in [9.17, 15) is 0 Å². The molecule has 0 unspecified atom stereocenters. The fourth-order valence-corrected chi connectivity index (χ4v) is 2.45. The molecule has 1 saturated carbocycles. The predicted molar refractivity (Wildman–Crippen MR) is 61.7 cm³/mol. The first-order valence-corrected chi connectivity index (χ1v) is 5.85. The lowest BCUT2D eigenvalue weighted by molar-refractivity contribution is 0.306. The van der Waals surface area contributed by atoms with Crippen molar-refractivity contribution in [1.29, 1.82) is 0 Å². The summed E-state index contributed by atoms with van der Waals surface area (Å²) >= 11 is 0. The molecule has 0 amide bonds. The second-order valence-corrected chi connectivity index (χ2v) is 4.50. The van der Waals surface area contributed by atoms with Crippen molar-refractivity contribution in [2.75, 3.05) is 11.9 Å². The number of nitrogens with zero attached hydrogens (tertiary/aromatic N) is 2. The lowest BCUT2D eigenvalue weighted by Gasteiger charge is -2.27. The van der Waals surface area contributed by atoms with Gasteiger partial charge in [-0.15, -0.1) is 0 Å². The number of nitrogens with one attached hydrogen (secondary N) is 1. The van der Waals surface area contributed by atoms with Crippen LogP contribution in [0, 0.1) is 5.41 Å². The van der Waals surface area contributed by atoms with E-state index in [0.717, 1.165) is 12.4 Å². The van der Waals surface area contributed by atoms with Crippen molar-refractivity contribution in [1.82, 2.24) is 9.97 Å². The highest BCUT2D eigenvalue weighted by Crippen LogP contribution is 2.40. The molecule has 1 aliphatic carbocycles. The molecule has 1 aromatic heterocycles. The second kappa shape index (κ2) is 4.60. The molecule has 0 atom stereocenters. The van der Waals surface area contributed by atoms with Gasteiger partial charge in [0.05, 0.1) is 6.20 Å². The molecule has 1 heterocycles. The maximum atomic E-state index is 4.23. The third-order valence-corrected chi connectivity index (χ3v) is 3.62. The standard InChI is InChI=1S/C12H19N3/c1-2-12(5-3-4-6-12)10-15-11-9-13-7-8-14-11/h7-9H,2-6,10H2,1H3,(H,14,15). The van der Waals surface area contributed by atoms with Crippen LogP contribution >= 0.6 is 0 Å². The van der Waals surface area contributed by atoms with Crippen LogP contribution in [0.2, 0.25) is 0 Å². The van der Waals surface area contributed by atoms with E-state index in [1.54, 1.807) is 18.6 Å². The van der Waals surface area contributed by atoms with Gasteiger partial charge >= 0.3 is 0 Å². The summed E-state index contributed by atoms with van der Waals surface area (Å²) in [5.41, 5.74) is 0.511. The van der Waals surface area contributed by atoms with E-state index in [1.165, 1.54) is 32.1 Å². The Morgan fingerprint density at radius 2 is 2.13 bits per heavy atom. The minimum atomic E-state index is 0.511. The monoisotopic (exact) mass is 205 g/mol. The maximum Gasteiger partial charge on any atom is 0.144 e. The zero-order valence-corrected chi connectivity index (χ0v) is 9.37. The van der Waals surface area contributed by atoms with Gasteiger partial charge in [0.1, 0.15) is 5.82 Å². The van der Waals surface area contributed by atoms with Crippen LogP contribution in [0.1, 0.15) is 39.0 Å². The molecule has 1 aliphatic rings. The quantitative estimate of drug-likeness (QED) is 0.821. The lowest BCUT2D eigenvalue weighted by atomic mass is 9.83. The summed E-state index contributed by atoms with van der Waals surface area (Å²) in [7, 11) is 0. The number of hydrogen-bond donors (Lipinski definition) is 1. The summed E-state index contributed by atoms with van der Waals surface area (Å²) in [4.78, 5) is 8.28. The van der Waals surface area contributed by atoms with Gasteiger partial charge in [-0.3, -0.25) is 4.98 Å². The van der Waals surface area contributed by atoms with E-state index in [2.05, 4.69) is 22.2 Å². The van der Waals surface area contributed by atoms with E-state index < -0.39 is 0 Å². The Balaban J connectivity index is 1.92. The van der Waals surface area contributed by atoms with Gasteiger partial charge in [-0.2, -0.15) is 0 Å². The molecule has 0 spiro atoms. The van der Waals surface area contributed by atoms with Gasteiger partial charge in [-0.1, -0.05) is 19.8 Å². The topological polar surface area (TPSA) is 37.8 Å².